The van der Waals surface area contributed by atoms with Crippen LogP contribution in [-0.2, 0) is 19.7 Å². The second kappa shape index (κ2) is 11.1. The van der Waals surface area contributed by atoms with E-state index in [0.717, 1.165) is 0 Å². The Hall–Kier alpha value is -2.21. The summed E-state index contributed by atoms with van der Waals surface area (Å²) < 4.78 is 44.6. The number of benzene rings is 1. The van der Waals surface area contributed by atoms with E-state index >= 15 is 0 Å². The topological polar surface area (TPSA) is 106 Å². The normalized spacial score (nSPS) is 18.4. The van der Waals surface area contributed by atoms with Gasteiger partial charge in [-0.2, -0.15) is 17.0 Å². The Balaban J connectivity index is 1.41. The fourth-order valence-electron chi connectivity index (χ4n) is 3.68. The van der Waals surface area contributed by atoms with Crippen LogP contribution in [0, 0.1) is 0 Å². The zero-order valence-electron chi connectivity index (χ0n) is 18.6. The number of methoxy groups -OCH3 is 1. The van der Waals surface area contributed by atoms with Crippen LogP contribution < -0.4 is 9.47 Å². The lowest BCUT2D eigenvalue weighted by molar-refractivity contribution is -0.132. The Morgan fingerprint density at radius 1 is 1.00 bits per heavy atom. The van der Waals surface area contributed by atoms with E-state index in [1.807, 2.05) is 0 Å². The van der Waals surface area contributed by atoms with E-state index in [0.29, 0.717) is 89.0 Å². The number of rotatable bonds is 9. The third-order valence-electron chi connectivity index (χ3n) is 5.58. The molecular formula is C21H31N3O7S. The largest absolute Gasteiger partial charge is 0.493 e. The first-order chi connectivity index (χ1) is 15.3. The maximum absolute atomic E-state index is 12.7. The molecule has 0 aliphatic carbocycles. The van der Waals surface area contributed by atoms with Crippen molar-refractivity contribution in [3.8, 4) is 11.5 Å². The van der Waals surface area contributed by atoms with Gasteiger partial charge in [-0.25, -0.2) is 0 Å². The van der Waals surface area contributed by atoms with Crippen LogP contribution in [0.3, 0.4) is 0 Å². The maximum Gasteiger partial charge on any atom is 0.282 e. The molecule has 0 saturated carbocycles. The predicted octanol–water partition coefficient (Wildman–Crippen LogP) is 0.778. The highest BCUT2D eigenvalue weighted by atomic mass is 32.2. The van der Waals surface area contributed by atoms with Crippen molar-refractivity contribution < 1.29 is 32.2 Å². The molecule has 2 saturated heterocycles. The molecule has 0 unspecified atom stereocenters. The molecule has 2 heterocycles. The van der Waals surface area contributed by atoms with Gasteiger partial charge in [0.1, 0.15) is 0 Å². The number of hydrogen-bond donors (Lipinski definition) is 0. The summed E-state index contributed by atoms with van der Waals surface area (Å²) in [6.07, 6.45) is 0.826. The summed E-state index contributed by atoms with van der Waals surface area (Å²) in [5, 5.41) is 0. The van der Waals surface area contributed by atoms with Crippen LogP contribution in [0.2, 0.25) is 0 Å². The molecule has 2 aliphatic rings. The van der Waals surface area contributed by atoms with E-state index in [4.69, 9.17) is 14.2 Å². The van der Waals surface area contributed by atoms with Crippen molar-refractivity contribution in [3.05, 3.63) is 23.8 Å². The first kappa shape index (κ1) is 24.4. The number of ketones is 1. The molecule has 2 aliphatic heterocycles. The minimum absolute atomic E-state index is 0.0177. The van der Waals surface area contributed by atoms with Gasteiger partial charge in [-0.3, -0.25) is 9.59 Å². The second-order valence-corrected chi connectivity index (χ2v) is 9.60. The first-order valence-corrected chi connectivity index (χ1v) is 12.1. The van der Waals surface area contributed by atoms with Crippen molar-refractivity contribution in [2.45, 2.75) is 19.8 Å². The molecule has 0 radical (unpaired) electrons. The van der Waals surface area contributed by atoms with Crippen molar-refractivity contribution in [2.75, 3.05) is 66.2 Å². The van der Waals surface area contributed by atoms with Crippen molar-refractivity contribution in [3.63, 3.8) is 0 Å². The van der Waals surface area contributed by atoms with Gasteiger partial charge in [-0.15, -0.1) is 0 Å². The summed E-state index contributed by atoms with van der Waals surface area (Å²) >= 11 is 0. The number of piperazine rings is 1. The number of nitrogens with zero attached hydrogens (tertiary/aromatic N) is 3. The second-order valence-electron chi connectivity index (χ2n) is 7.67. The molecule has 1 amide bonds. The zero-order valence-corrected chi connectivity index (χ0v) is 19.4. The van der Waals surface area contributed by atoms with Crippen LogP contribution in [0.5, 0.6) is 11.5 Å². The number of hydrogen-bond acceptors (Lipinski definition) is 7. The Bertz CT molecular complexity index is 908. The lowest BCUT2D eigenvalue weighted by Gasteiger charge is -2.37. The van der Waals surface area contributed by atoms with Crippen LogP contribution in [0.15, 0.2) is 18.2 Å². The van der Waals surface area contributed by atoms with Gasteiger partial charge in [0.25, 0.3) is 10.2 Å². The molecule has 0 spiro atoms. The predicted molar refractivity (Wildman–Crippen MR) is 117 cm³/mol. The van der Waals surface area contributed by atoms with Gasteiger partial charge in [0, 0.05) is 51.3 Å². The molecule has 1 aromatic carbocycles. The number of morpholine rings is 1. The Morgan fingerprint density at radius 2 is 1.66 bits per heavy atom. The molecule has 3 rings (SSSR count). The monoisotopic (exact) mass is 469 g/mol. The summed E-state index contributed by atoms with van der Waals surface area (Å²) in [7, 11) is -2.00. The number of carbonyl (C=O) groups excluding carboxylic acids is 2. The molecule has 0 aromatic heterocycles. The van der Waals surface area contributed by atoms with Crippen molar-refractivity contribution >= 4 is 21.9 Å². The SMILES string of the molecule is COc1cc(C(C)=O)ccc1OCCCC(=O)N1CCN(S(=O)(=O)N2CCOCC2)CC1. The molecule has 0 N–H and O–H groups in total. The molecule has 10 nitrogen and oxygen atoms in total. The quantitative estimate of drug-likeness (QED) is 0.389. The highest BCUT2D eigenvalue weighted by molar-refractivity contribution is 7.86. The third-order valence-corrected chi connectivity index (χ3v) is 7.61. The Kier molecular flexibility index (Phi) is 8.46. The standard InChI is InChI=1S/C21H31N3O7S/c1-17(25)18-5-6-19(20(16-18)29-2)31-13-3-4-21(26)22-7-9-23(10-8-22)32(27,28)24-11-14-30-15-12-24/h5-6,16H,3-4,7-15H2,1-2H3. The molecule has 2 fully saturated rings. The van der Waals surface area contributed by atoms with E-state index in [-0.39, 0.29) is 11.7 Å². The molecule has 32 heavy (non-hydrogen) atoms. The molecule has 1 aromatic rings. The van der Waals surface area contributed by atoms with Crippen LogP contribution in [0.1, 0.15) is 30.1 Å². The lowest BCUT2D eigenvalue weighted by atomic mass is 10.1. The van der Waals surface area contributed by atoms with Gasteiger partial charge < -0.3 is 19.1 Å². The average molecular weight is 470 g/mol. The Labute approximate surface area is 189 Å². The zero-order chi connectivity index (χ0) is 23.1. The summed E-state index contributed by atoms with van der Waals surface area (Å²) in [6.45, 7) is 4.70. The number of ether oxygens (including phenoxy) is 3. The number of Topliss-reactive ketones (excluding diaryl/α,β-unsaturated/α-hetero) is 1. The molecule has 11 heteroatoms. The fraction of sp³-hybridized carbons (Fsp3) is 0.619. The van der Waals surface area contributed by atoms with E-state index in [2.05, 4.69) is 0 Å². The van der Waals surface area contributed by atoms with E-state index < -0.39 is 10.2 Å². The minimum Gasteiger partial charge on any atom is -0.493 e. The Morgan fingerprint density at radius 3 is 2.28 bits per heavy atom. The summed E-state index contributed by atoms with van der Waals surface area (Å²) in [5.74, 6) is 0.919. The number of amides is 1. The van der Waals surface area contributed by atoms with Gasteiger partial charge in [-0.1, -0.05) is 0 Å². The van der Waals surface area contributed by atoms with E-state index in [9.17, 15) is 18.0 Å². The van der Waals surface area contributed by atoms with Crippen LogP contribution >= 0.6 is 0 Å². The third kappa shape index (κ3) is 5.97. The minimum atomic E-state index is -3.51. The van der Waals surface area contributed by atoms with Crippen molar-refractivity contribution in [1.29, 1.82) is 0 Å². The fourth-order valence-corrected chi connectivity index (χ4v) is 5.24. The van der Waals surface area contributed by atoms with E-state index in [1.165, 1.54) is 22.6 Å². The van der Waals surface area contributed by atoms with Crippen molar-refractivity contribution in [1.82, 2.24) is 13.5 Å². The average Bonchev–Trinajstić information content (AvgIpc) is 2.82. The maximum atomic E-state index is 12.7. The molecule has 178 valence electrons. The van der Waals surface area contributed by atoms with Gasteiger partial charge in [-0.05, 0) is 31.5 Å². The highest BCUT2D eigenvalue weighted by Crippen LogP contribution is 2.28. The van der Waals surface area contributed by atoms with Crippen LogP contribution in [-0.4, -0.2) is 99.8 Å². The molecular weight excluding hydrogens is 438 g/mol. The summed E-state index contributed by atoms with van der Waals surface area (Å²) in [6, 6.07) is 4.99. The van der Waals surface area contributed by atoms with Gasteiger partial charge in [0.2, 0.25) is 5.91 Å². The van der Waals surface area contributed by atoms with Gasteiger partial charge in [0.05, 0.1) is 26.9 Å². The summed E-state index contributed by atoms with van der Waals surface area (Å²) in [5.41, 5.74) is 0.541. The van der Waals surface area contributed by atoms with Crippen molar-refractivity contribution in [2.24, 2.45) is 0 Å². The van der Waals surface area contributed by atoms with Crippen LogP contribution in [0.4, 0.5) is 0 Å². The first-order valence-electron chi connectivity index (χ1n) is 10.8. The smallest absolute Gasteiger partial charge is 0.282 e. The molecule has 0 atom stereocenters. The summed E-state index contributed by atoms with van der Waals surface area (Å²) in [4.78, 5) is 25.7. The lowest BCUT2D eigenvalue weighted by Crippen LogP contribution is -2.55. The molecule has 0 bridgehead atoms. The van der Waals surface area contributed by atoms with Gasteiger partial charge >= 0.3 is 0 Å². The van der Waals surface area contributed by atoms with Gasteiger partial charge in [0.15, 0.2) is 17.3 Å². The highest BCUT2D eigenvalue weighted by Gasteiger charge is 2.34. The van der Waals surface area contributed by atoms with Crippen LogP contribution in [0.25, 0.3) is 0 Å². The van der Waals surface area contributed by atoms with E-state index in [1.54, 1.807) is 23.1 Å². The number of carbonyl (C=O) groups is 2.